The summed E-state index contributed by atoms with van der Waals surface area (Å²) in [5.41, 5.74) is 2.37. The number of likely N-dealkylation sites (tertiary alicyclic amines) is 1. The SMILES string of the molecule is CN1C[C@]2(CCCN(C(=O)c3c4c(nn3C)CCCC4)C2)OC1=O. The molecule has 7 heteroatoms. The number of carbonyl (C=O) groups is 2. The van der Waals surface area contributed by atoms with Gasteiger partial charge in [0.25, 0.3) is 5.91 Å². The van der Waals surface area contributed by atoms with Gasteiger partial charge in [-0.1, -0.05) is 0 Å². The Morgan fingerprint density at radius 1 is 1.17 bits per heavy atom. The maximum absolute atomic E-state index is 13.2. The Bertz CT molecular complexity index is 698. The van der Waals surface area contributed by atoms with E-state index < -0.39 is 5.60 Å². The summed E-state index contributed by atoms with van der Waals surface area (Å²) >= 11 is 0. The number of piperidine rings is 1. The molecule has 24 heavy (non-hydrogen) atoms. The van der Waals surface area contributed by atoms with Crippen LogP contribution in [0.5, 0.6) is 0 Å². The molecule has 2 fully saturated rings. The molecule has 7 nitrogen and oxygen atoms in total. The van der Waals surface area contributed by atoms with Gasteiger partial charge in [0.1, 0.15) is 11.3 Å². The van der Waals surface area contributed by atoms with E-state index in [0.717, 1.165) is 55.5 Å². The van der Waals surface area contributed by atoms with Gasteiger partial charge in [-0.15, -0.1) is 0 Å². The van der Waals surface area contributed by atoms with E-state index in [1.807, 2.05) is 11.9 Å². The summed E-state index contributed by atoms with van der Waals surface area (Å²) in [5, 5.41) is 4.56. The first-order valence-corrected chi connectivity index (χ1v) is 8.77. The number of likely N-dealkylation sites (N-methyl/N-ethyl adjacent to an activating group) is 1. The van der Waals surface area contributed by atoms with E-state index in [2.05, 4.69) is 5.10 Å². The molecule has 1 aromatic heterocycles. The molecule has 3 aliphatic rings. The molecule has 2 amide bonds. The van der Waals surface area contributed by atoms with Crippen molar-refractivity contribution in [1.82, 2.24) is 19.6 Å². The van der Waals surface area contributed by atoms with Gasteiger partial charge in [-0.2, -0.15) is 5.10 Å². The number of amides is 2. The molecule has 1 atom stereocenters. The Morgan fingerprint density at radius 2 is 1.96 bits per heavy atom. The fourth-order valence-electron chi connectivity index (χ4n) is 4.37. The van der Waals surface area contributed by atoms with Crippen molar-refractivity contribution in [3.8, 4) is 0 Å². The molecular weight excluding hydrogens is 308 g/mol. The number of rotatable bonds is 1. The van der Waals surface area contributed by atoms with Gasteiger partial charge in [0.2, 0.25) is 0 Å². The van der Waals surface area contributed by atoms with Crippen molar-refractivity contribution in [3.63, 3.8) is 0 Å². The third-order valence-electron chi connectivity index (χ3n) is 5.49. The van der Waals surface area contributed by atoms with E-state index in [1.54, 1.807) is 16.6 Å². The van der Waals surface area contributed by atoms with Crippen molar-refractivity contribution in [3.05, 3.63) is 17.0 Å². The third kappa shape index (κ3) is 2.37. The number of nitrogens with zero attached hydrogens (tertiary/aromatic N) is 4. The lowest BCUT2D eigenvalue weighted by atomic mass is 9.91. The predicted molar refractivity (Wildman–Crippen MR) is 86.8 cm³/mol. The van der Waals surface area contributed by atoms with Crippen molar-refractivity contribution in [2.45, 2.75) is 44.1 Å². The van der Waals surface area contributed by atoms with E-state index in [0.29, 0.717) is 19.6 Å². The second-order valence-electron chi connectivity index (χ2n) is 7.34. The van der Waals surface area contributed by atoms with Crippen LogP contribution in [0.1, 0.15) is 47.4 Å². The Morgan fingerprint density at radius 3 is 2.71 bits per heavy atom. The van der Waals surface area contributed by atoms with E-state index in [-0.39, 0.29) is 12.0 Å². The summed E-state index contributed by atoms with van der Waals surface area (Å²) in [7, 11) is 3.60. The topological polar surface area (TPSA) is 67.7 Å². The number of ether oxygens (including phenoxy) is 1. The van der Waals surface area contributed by atoms with Gasteiger partial charge in [-0.3, -0.25) is 9.48 Å². The van der Waals surface area contributed by atoms with Crippen LogP contribution < -0.4 is 0 Å². The van der Waals surface area contributed by atoms with Crippen molar-refractivity contribution in [2.24, 2.45) is 7.05 Å². The van der Waals surface area contributed by atoms with Gasteiger partial charge in [0, 0.05) is 26.2 Å². The van der Waals surface area contributed by atoms with Gasteiger partial charge < -0.3 is 14.5 Å². The number of hydrogen-bond acceptors (Lipinski definition) is 4. The Balaban J connectivity index is 1.59. The predicted octanol–water partition coefficient (Wildman–Crippen LogP) is 1.36. The molecule has 0 aromatic carbocycles. The number of carbonyl (C=O) groups excluding carboxylic acids is 2. The first-order valence-electron chi connectivity index (χ1n) is 8.77. The second kappa shape index (κ2) is 5.50. The standard InChI is InChI=1S/C17H24N4O3/c1-19-10-17(24-16(19)23)8-5-9-21(11-17)15(22)14-12-6-3-4-7-13(12)18-20(14)2/h3-11H2,1-2H3/t17-/m0/s1. The van der Waals surface area contributed by atoms with Gasteiger partial charge in [0.15, 0.2) is 0 Å². The van der Waals surface area contributed by atoms with Crippen LogP contribution in [0.2, 0.25) is 0 Å². The quantitative estimate of drug-likeness (QED) is 0.779. The van der Waals surface area contributed by atoms with Gasteiger partial charge in [-0.05, 0) is 38.5 Å². The summed E-state index contributed by atoms with van der Waals surface area (Å²) in [4.78, 5) is 28.4. The van der Waals surface area contributed by atoms with Crippen LogP contribution in [0.25, 0.3) is 0 Å². The maximum Gasteiger partial charge on any atom is 0.410 e. The minimum Gasteiger partial charge on any atom is -0.439 e. The zero-order valence-corrected chi connectivity index (χ0v) is 14.4. The van der Waals surface area contributed by atoms with Crippen molar-refractivity contribution in [2.75, 3.05) is 26.7 Å². The molecule has 0 bridgehead atoms. The molecule has 0 N–H and O–H groups in total. The maximum atomic E-state index is 13.2. The van der Waals surface area contributed by atoms with Crippen molar-refractivity contribution >= 4 is 12.0 Å². The molecule has 0 unspecified atom stereocenters. The molecule has 0 saturated carbocycles. The highest BCUT2D eigenvalue weighted by Crippen LogP contribution is 2.33. The Hall–Kier alpha value is -2.05. The van der Waals surface area contributed by atoms with Gasteiger partial charge >= 0.3 is 6.09 Å². The molecular formula is C17H24N4O3. The number of fused-ring (bicyclic) bond motifs is 1. The summed E-state index contributed by atoms with van der Waals surface area (Å²) in [5.74, 6) is 0.0258. The molecule has 0 radical (unpaired) electrons. The highest BCUT2D eigenvalue weighted by Gasteiger charge is 2.47. The molecule has 4 rings (SSSR count). The van der Waals surface area contributed by atoms with E-state index in [9.17, 15) is 9.59 Å². The molecule has 1 aliphatic carbocycles. The van der Waals surface area contributed by atoms with E-state index in [4.69, 9.17) is 4.74 Å². The summed E-state index contributed by atoms with van der Waals surface area (Å²) in [6.07, 6.45) is 5.53. The zero-order valence-electron chi connectivity index (χ0n) is 14.4. The molecule has 3 heterocycles. The lowest BCUT2D eigenvalue weighted by molar-refractivity contribution is -0.00563. The monoisotopic (exact) mass is 332 g/mol. The number of hydrogen-bond donors (Lipinski definition) is 0. The molecule has 2 saturated heterocycles. The lowest BCUT2D eigenvalue weighted by Gasteiger charge is -2.38. The first-order chi connectivity index (χ1) is 11.5. The summed E-state index contributed by atoms with van der Waals surface area (Å²) in [6, 6.07) is 0. The Kier molecular flexibility index (Phi) is 3.54. The normalized spacial score (nSPS) is 26.7. The van der Waals surface area contributed by atoms with Crippen LogP contribution >= 0.6 is 0 Å². The largest absolute Gasteiger partial charge is 0.439 e. The van der Waals surface area contributed by atoms with Crippen LogP contribution in [-0.4, -0.2) is 63.9 Å². The van der Waals surface area contributed by atoms with Gasteiger partial charge in [-0.25, -0.2) is 4.79 Å². The minimum absolute atomic E-state index is 0.0258. The number of aromatic nitrogens is 2. The smallest absolute Gasteiger partial charge is 0.410 e. The van der Waals surface area contributed by atoms with Gasteiger partial charge in [0.05, 0.1) is 18.8 Å². The lowest BCUT2D eigenvalue weighted by Crippen LogP contribution is -2.52. The highest BCUT2D eigenvalue weighted by molar-refractivity contribution is 5.94. The zero-order chi connectivity index (χ0) is 16.9. The molecule has 130 valence electrons. The van der Waals surface area contributed by atoms with E-state index in [1.165, 1.54) is 0 Å². The fourth-order valence-corrected chi connectivity index (χ4v) is 4.37. The Labute approximate surface area is 141 Å². The van der Waals surface area contributed by atoms with Crippen LogP contribution in [0, 0.1) is 0 Å². The first kappa shape index (κ1) is 15.5. The molecule has 1 aromatic rings. The van der Waals surface area contributed by atoms with Crippen LogP contribution in [0.4, 0.5) is 4.79 Å². The fraction of sp³-hybridized carbons (Fsp3) is 0.706. The van der Waals surface area contributed by atoms with Crippen molar-refractivity contribution in [1.29, 1.82) is 0 Å². The summed E-state index contributed by atoms with van der Waals surface area (Å²) < 4.78 is 7.36. The molecule has 1 spiro atoms. The van der Waals surface area contributed by atoms with E-state index >= 15 is 0 Å². The minimum atomic E-state index is -0.543. The van der Waals surface area contributed by atoms with Crippen LogP contribution in [0.3, 0.4) is 0 Å². The van der Waals surface area contributed by atoms with Crippen LogP contribution in [0.15, 0.2) is 0 Å². The summed E-state index contributed by atoms with van der Waals surface area (Å²) in [6.45, 7) is 1.74. The second-order valence-corrected chi connectivity index (χ2v) is 7.34. The van der Waals surface area contributed by atoms with Crippen LogP contribution in [-0.2, 0) is 24.6 Å². The average molecular weight is 332 g/mol. The third-order valence-corrected chi connectivity index (χ3v) is 5.49. The van der Waals surface area contributed by atoms with Crippen molar-refractivity contribution < 1.29 is 14.3 Å². The highest BCUT2D eigenvalue weighted by atomic mass is 16.6. The number of aryl methyl sites for hydroxylation is 2. The average Bonchev–Trinajstić information content (AvgIpc) is 3.02. The molecule has 2 aliphatic heterocycles.